The average molecular weight is 493 g/mol. The van der Waals surface area contributed by atoms with Crippen molar-refractivity contribution in [2.75, 3.05) is 12.3 Å². The molecule has 5 atom stereocenters. The van der Waals surface area contributed by atoms with Gasteiger partial charge in [-0.15, -0.1) is 0 Å². The number of aliphatic hydroxyl groups is 2. The molecule has 1 aromatic heterocycles. The fourth-order valence-electron chi connectivity index (χ4n) is 2.33. The monoisotopic (exact) mass is 493 g/mol. The molecule has 4 N–H and O–H groups in total. The van der Waals surface area contributed by atoms with E-state index in [9.17, 15) is 48.3 Å². The van der Waals surface area contributed by atoms with E-state index in [-0.39, 0.29) is 17.8 Å². The van der Waals surface area contributed by atoms with E-state index in [1.807, 2.05) is 0 Å². The third-order valence-electron chi connectivity index (χ3n) is 3.54. The summed E-state index contributed by atoms with van der Waals surface area (Å²) in [6, 6.07) is 0. The second kappa shape index (κ2) is 9.22. The number of aliphatic hydroxyl groups excluding tert-OH is 2. The van der Waals surface area contributed by atoms with Gasteiger partial charge in [-0.3, -0.25) is 18.0 Å². The average Bonchev–Trinajstić information content (AvgIpc) is 2.90. The second-order valence-electron chi connectivity index (χ2n) is 5.73. The molecule has 1 aromatic rings. The molecular weight excluding hydrogens is 479 g/mol. The number of hydrogen-bond acceptors (Lipinski definition) is 16. The number of phosphoric ester groups is 1. The first-order valence-electron chi connectivity index (χ1n) is 7.66. The third-order valence-corrected chi connectivity index (χ3v) is 7.21. The van der Waals surface area contributed by atoms with Gasteiger partial charge in [0.25, 0.3) is 15.6 Å². The summed E-state index contributed by atoms with van der Waals surface area (Å²) in [6.07, 6.45) is -3.14. The molecule has 1 aliphatic rings. The molecule has 1 fully saturated rings. The molecule has 0 radical (unpaired) electrons. The number of hydrogen-bond donors (Lipinski definition) is 3. The Morgan fingerprint density at radius 3 is 2.43 bits per heavy atom. The maximum absolute atomic E-state index is 11.9. The largest absolute Gasteiger partial charge is 0.790 e. The van der Waals surface area contributed by atoms with Gasteiger partial charge in [-0.2, -0.15) is 4.98 Å². The molecule has 17 nitrogen and oxygen atoms in total. The highest BCUT2D eigenvalue weighted by Gasteiger charge is 2.37. The van der Waals surface area contributed by atoms with Crippen molar-refractivity contribution < 1.29 is 61.4 Å². The lowest BCUT2D eigenvalue weighted by atomic mass is 10.2. The lowest BCUT2D eigenvalue weighted by Gasteiger charge is -2.37. The predicted octanol–water partition coefficient (Wildman–Crippen LogP) is -4.22. The van der Waals surface area contributed by atoms with E-state index in [0.717, 1.165) is 10.8 Å². The summed E-state index contributed by atoms with van der Waals surface area (Å²) in [5.41, 5.74) is 4.63. The van der Waals surface area contributed by atoms with Crippen molar-refractivity contribution in [3.8, 4) is 0 Å². The van der Waals surface area contributed by atoms with Gasteiger partial charge in [0, 0.05) is 18.2 Å². The number of aromatic nitrogens is 2. The van der Waals surface area contributed by atoms with Crippen molar-refractivity contribution in [2.24, 2.45) is 0 Å². The highest BCUT2D eigenvalue weighted by Crippen LogP contribution is 2.60. The molecule has 0 aliphatic carbocycles. The van der Waals surface area contributed by atoms with E-state index in [2.05, 4.69) is 18.1 Å². The number of nitrogens with zero attached hydrogens (tertiary/aromatic N) is 2. The number of nitrogens with two attached hydrogens (primary N) is 1. The maximum atomic E-state index is 11.9. The zero-order valence-corrected chi connectivity index (χ0v) is 17.2. The first kappa shape index (κ1) is 25.2. The van der Waals surface area contributed by atoms with Gasteiger partial charge in [0.2, 0.25) is 0 Å². The van der Waals surface area contributed by atoms with Gasteiger partial charge in [-0.25, -0.2) is 9.11 Å². The molecule has 1 aliphatic heterocycles. The molecule has 2 heterocycles. The molecule has 0 spiro atoms. The smallest absolute Gasteiger partial charge is 0.351 e. The minimum Gasteiger partial charge on any atom is -0.790 e. The molecule has 172 valence electrons. The predicted molar refractivity (Wildman–Crippen MR) is 84.3 cm³/mol. The molecule has 20 heteroatoms. The van der Waals surface area contributed by atoms with E-state index < -0.39 is 60.8 Å². The van der Waals surface area contributed by atoms with Crippen LogP contribution >= 0.6 is 23.5 Å². The molecule has 0 amide bonds. The van der Waals surface area contributed by atoms with Crippen LogP contribution < -0.4 is 31.0 Å². The quantitative estimate of drug-likeness (QED) is 0.275. The first-order valence-corrected chi connectivity index (χ1v) is 12.0. The van der Waals surface area contributed by atoms with E-state index in [0.29, 0.717) is 0 Å². The van der Waals surface area contributed by atoms with Gasteiger partial charge in [0.05, 0.1) is 27.1 Å². The highest BCUT2D eigenvalue weighted by molar-refractivity contribution is 7.64. The van der Waals surface area contributed by atoms with Crippen molar-refractivity contribution in [1.82, 2.24) is 9.55 Å². The second-order valence-corrected chi connectivity index (χ2v) is 9.98. The van der Waals surface area contributed by atoms with E-state index in [4.69, 9.17) is 10.5 Å². The Bertz CT molecular complexity index is 976. The zero-order valence-electron chi connectivity index (χ0n) is 14.5. The van der Waals surface area contributed by atoms with Crippen molar-refractivity contribution in [1.29, 1.82) is 0 Å². The van der Waals surface area contributed by atoms with E-state index in [1.54, 1.807) is 0 Å². The third kappa shape index (κ3) is 7.00. The minimum atomic E-state index is -6.13. The highest BCUT2D eigenvalue weighted by atomic mass is 31.3. The van der Waals surface area contributed by atoms with Crippen molar-refractivity contribution in [3.05, 3.63) is 22.2 Å². The van der Waals surface area contributed by atoms with E-state index in [1.165, 1.54) is 0 Å². The first-order chi connectivity index (χ1) is 13.6. The Hall–Kier alpha value is -1.03. The molecule has 0 aromatic carbocycles. The molecule has 1 saturated heterocycles. The summed E-state index contributed by atoms with van der Waals surface area (Å²) in [6.45, 7) is -1.58. The fraction of sp³-hybridized carbons (Fsp3) is 0.600. The van der Waals surface area contributed by atoms with Gasteiger partial charge in [-0.1, -0.05) is 0 Å². The van der Waals surface area contributed by atoms with Crippen LogP contribution in [0.1, 0.15) is 18.2 Å². The Morgan fingerprint density at radius 2 is 1.87 bits per heavy atom. The number of ether oxygens (including phenoxy) is 1. The van der Waals surface area contributed by atoms with Crippen LogP contribution in [0.2, 0.25) is 0 Å². The lowest BCUT2D eigenvalue weighted by Crippen LogP contribution is -2.29. The van der Waals surface area contributed by atoms with Crippen molar-refractivity contribution in [2.45, 2.75) is 31.5 Å². The van der Waals surface area contributed by atoms with Gasteiger partial charge in [0.15, 0.2) is 0 Å². The molecular formula is C10H14N3O14P3-4. The van der Waals surface area contributed by atoms with Crippen LogP contribution in [0.5, 0.6) is 0 Å². The summed E-state index contributed by atoms with van der Waals surface area (Å²) in [5.74, 6) is -0.230. The van der Waals surface area contributed by atoms with Gasteiger partial charge in [-0.05, 0) is 0 Å². The van der Waals surface area contributed by atoms with Crippen molar-refractivity contribution >= 4 is 29.3 Å². The molecule has 2 rings (SSSR count). The Kier molecular flexibility index (Phi) is 7.76. The standard InChI is InChI=1S/C10H18N3O14P3/c11-9-5(3-14)2-13(10(16)12-9)8-1-6(15)7(25-8)4-24-29(20,21)27-30(22,23)26-28(17,18)19/h2,6-8,14-15H,1,3-4H2,(H,20,21)(H,22,23)(H2,11,12,16)(H2,17,18,19)/p-4/t6-,7+,8+/m0/s1. The van der Waals surface area contributed by atoms with Gasteiger partial charge >= 0.3 is 5.69 Å². The van der Waals surface area contributed by atoms with Gasteiger partial charge in [0.1, 0.15) is 18.1 Å². The van der Waals surface area contributed by atoms with Crippen molar-refractivity contribution in [3.63, 3.8) is 0 Å². The summed E-state index contributed by atoms with van der Waals surface area (Å²) in [7, 11) is -18.0. The molecule has 2 unspecified atom stereocenters. The molecule has 30 heavy (non-hydrogen) atoms. The SMILES string of the molecule is Nc1nc(=O)n([C@H]2C[C@H](O)[C@@H](COP(=O)([O-])OP(=O)([O-])OP(=O)([O-])[O-])O2)cc1CO. The lowest BCUT2D eigenvalue weighted by molar-refractivity contribution is -0.339. The summed E-state index contributed by atoms with van der Waals surface area (Å²) >= 11 is 0. The number of phosphoric acid groups is 3. The van der Waals surface area contributed by atoms with Crippen LogP contribution in [0, 0.1) is 0 Å². The Labute approximate surface area is 167 Å². The minimum absolute atomic E-state index is 0.0742. The van der Waals surface area contributed by atoms with Crippen LogP contribution in [0.3, 0.4) is 0 Å². The van der Waals surface area contributed by atoms with Crippen LogP contribution in [0.25, 0.3) is 0 Å². The Balaban J connectivity index is 2.04. The Morgan fingerprint density at radius 1 is 1.23 bits per heavy atom. The van der Waals surface area contributed by atoms with Crippen LogP contribution in [-0.2, 0) is 38.2 Å². The van der Waals surface area contributed by atoms with Gasteiger partial charge < -0.3 is 49.3 Å². The van der Waals surface area contributed by atoms with Crippen LogP contribution in [0.4, 0.5) is 5.82 Å². The van der Waals surface area contributed by atoms with Crippen LogP contribution in [0.15, 0.2) is 11.0 Å². The maximum Gasteiger partial charge on any atom is 0.351 e. The van der Waals surface area contributed by atoms with Crippen LogP contribution in [-0.4, -0.2) is 38.6 Å². The summed E-state index contributed by atoms with van der Waals surface area (Å²) in [5, 5.41) is 19.1. The summed E-state index contributed by atoms with van der Waals surface area (Å²) < 4.78 is 49.6. The number of anilines is 1. The fourth-order valence-corrected chi connectivity index (χ4v) is 5.20. The zero-order chi connectivity index (χ0) is 22.9. The number of rotatable bonds is 9. The van der Waals surface area contributed by atoms with E-state index >= 15 is 0 Å². The summed E-state index contributed by atoms with van der Waals surface area (Å²) in [4.78, 5) is 58.5. The topological polar surface area (TPSA) is 282 Å². The normalized spacial score (nSPS) is 26.3. The number of nitrogen functional groups attached to an aromatic ring is 1. The molecule has 0 saturated carbocycles. The molecule has 0 bridgehead atoms.